The zero-order valence-corrected chi connectivity index (χ0v) is 16.2. The van der Waals surface area contributed by atoms with Crippen LogP contribution < -0.4 is 0 Å². The van der Waals surface area contributed by atoms with Crippen molar-refractivity contribution in [2.75, 3.05) is 59.5 Å². The number of likely N-dealkylation sites (tertiary alicyclic amines) is 1. The average molecular weight is 364 g/mol. The molecular formula is C19H33N5O2. The summed E-state index contributed by atoms with van der Waals surface area (Å²) in [6.07, 6.45) is 3.59. The van der Waals surface area contributed by atoms with Crippen LogP contribution >= 0.6 is 0 Å². The zero-order valence-electron chi connectivity index (χ0n) is 16.2. The molecule has 0 aromatic carbocycles. The lowest BCUT2D eigenvalue weighted by atomic mass is 9.96. The molecule has 26 heavy (non-hydrogen) atoms. The van der Waals surface area contributed by atoms with Gasteiger partial charge in [-0.05, 0) is 45.5 Å². The van der Waals surface area contributed by atoms with E-state index in [4.69, 9.17) is 0 Å². The molecule has 3 rings (SSSR count). The molecule has 2 saturated heterocycles. The molecule has 1 aromatic heterocycles. The maximum absolute atomic E-state index is 12.6. The molecule has 3 heterocycles. The van der Waals surface area contributed by atoms with Crippen LogP contribution in [-0.4, -0.2) is 95.0 Å². The van der Waals surface area contributed by atoms with E-state index in [1.807, 2.05) is 28.8 Å². The lowest BCUT2D eigenvalue weighted by Gasteiger charge is -2.26. The normalized spacial score (nSPS) is 25.6. The van der Waals surface area contributed by atoms with Gasteiger partial charge in [0.2, 0.25) is 5.91 Å². The van der Waals surface area contributed by atoms with E-state index in [0.29, 0.717) is 25.4 Å². The number of rotatable bonds is 6. The first-order chi connectivity index (χ1) is 12.5. The Balaban J connectivity index is 1.50. The molecular weight excluding hydrogens is 330 g/mol. The van der Waals surface area contributed by atoms with Gasteiger partial charge in [0.15, 0.2) is 0 Å². The highest BCUT2D eigenvalue weighted by Gasteiger charge is 2.35. The van der Waals surface area contributed by atoms with E-state index in [1.54, 1.807) is 0 Å². The van der Waals surface area contributed by atoms with Crippen LogP contribution in [0.2, 0.25) is 0 Å². The first kappa shape index (κ1) is 19.3. The molecule has 7 heteroatoms. The van der Waals surface area contributed by atoms with Crippen LogP contribution in [0.1, 0.15) is 18.5 Å². The molecule has 0 aliphatic carbocycles. The largest absolute Gasteiger partial charge is 0.396 e. The SMILES string of the molecule is Cc1ccn(CCC(=O)N2C[C@@H](CN3CCCN(C)CC3)[C@@H](CO)C2)n1. The minimum atomic E-state index is 0.167. The highest BCUT2D eigenvalue weighted by molar-refractivity contribution is 5.76. The average Bonchev–Trinajstić information content (AvgIpc) is 3.17. The summed E-state index contributed by atoms with van der Waals surface area (Å²) in [5, 5.41) is 14.1. The Morgan fingerprint density at radius 2 is 2.04 bits per heavy atom. The van der Waals surface area contributed by atoms with Gasteiger partial charge in [-0.2, -0.15) is 5.10 Å². The first-order valence-electron chi connectivity index (χ1n) is 9.84. The molecule has 1 amide bonds. The maximum atomic E-state index is 12.6. The van der Waals surface area contributed by atoms with Gasteiger partial charge in [-0.1, -0.05) is 0 Å². The van der Waals surface area contributed by atoms with Crippen molar-refractivity contribution in [3.05, 3.63) is 18.0 Å². The summed E-state index contributed by atoms with van der Waals surface area (Å²) >= 11 is 0. The van der Waals surface area contributed by atoms with Gasteiger partial charge >= 0.3 is 0 Å². The Bertz CT molecular complexity index is 590. The molecule has 0 bridgehead atoms. The van der Waals surface area contributed by atoms with Crippen LogP contribution in [0.3, 0.4) is 0 Å². The molecule has 0 spiro atoms. The van der Waals surface area contributed by atoms with Crippen molar-refractivity contribution in [3.63, 3.8) is 0 Å². The minimum absolute atomic E-state index is 0.167. The second-order valence-electron chi connectivity index (χ2n) is 7.93. The van der Waals surface area contributed by atoms with Crippen molar-refractivity contribution in [2.24, 2.45) is 11.8 Å². The molecule has 2 aliphatic rings. The summed E-state index contributed by atoms with van der Waals surface area (Å²) in [6.45, 7) is 9.64. The van der Waals surface area contributed by atoms with E-state index in [0.717, 1.165) is 45.0 Å². The van der Waals surface area contributed by atoms with Gasteiger partial charge < -0.3 is 19.8 Å². The Morgan fingerprint density at radius 1 is 1.23 bits per heavy atom. The van der Waals surface area contributed by atoms with Crippen molar-refractivity contribution in [1.82, 2.24) is 24.5 Å². The van der Waals surface area contributed by atoms with Gasteiger partial charge in [0, 0.05) is 64.4 Å². The molecule has 0 saturated carbocycles. The molecule has 146 valence electrons. The van der Waals surface area contributed by atoms with Crippen molar-refractivity contribution >= 4 is 5.91 Å². The van der Waals surface area contributed by atoms with Crippen molar-refractivity contribution in [2.45, 2.75) is 26.3 Å². The molecule has 2 fully saturated rings. The summed E-state index contributed by atoms with van der Waals surface area (Å²) in [4.78, 5) is 19.4. The highest BCUT2D eigenvalue weighted by Crippen LogP contribution is 2.25. The number of carbonyl (C=O) groups is 1. The second kappa shape index (κ2) is 8.97. The fraction of sp³-hybridized carbons (Fsp3) is 0.789. The number of carbonyl (C=O) groups excluding carboxylic acids is 1. The van der Waals surface area contributed by atoms with Crippen LogP contribution in [0.15, 0.2) is 12.3 Å². The monoisotopic (exact) mass is 363 g/mol. The van der Waals surface area contributed by atoms with Gasteiger partial charge in [-0.25, -0.2) is 0 Å². The van der Waals surface area contributed by atoms with Gasteiger partial charge in [0.1, 0.15) is 0 Å². The van der Waals surface area contributed by atoms with Gasteiger partial charge in [0.25, 0.3) is 0 Å². The molecule has 7 nitrogen and oxygen atoms in total. The standard InChI is InChI=1S/C19H33N5O2/c1-16-4-8-24(20-16)9-5-19(26)23-13-17(18(14-23)15-25)12-22-7-3-6-21(2)10-11-22/h4,8,17-18,25H,3,5-7,9-15H2,1-2H3/t17-,18-/m1/s1. The number of nitrogens with zero attached hydrogens (tertiary/aromatic N) is 5. The number of aromatic nitrogens is 2. The van der Waals surface area contributed by atoms with Crippen LogP contribution in [-0.2, 0) is 11.3 Å². The minimum Gasteiger partial charge on any atom is -0.396 e. The summed E-state index contributed by atoms with van der Waals surface area (Å²) in [7, 11) is 2.18. The number of aryl methyl sites for hydroxylation is 2. The number of aliphatic hydroxyl groups is 1. The lowest BCUT2D eigenvalue weighted by Crippen LogP contribution is -2.36. The maximum Gasteiger partial charge on any atom is 0.224 e. The van der Waals surface area contributed by atoms with Gasteiger partial charge in [0.05, 0.1) is 5.69 Å². The fourth-order valence-electron chi connectivity index (χ4n) is 4.13. The van der Waals surface area contributed by atoms with Crippen LogP contribution in [0.5, 0.6) is 0 Å². The van der Waals surface area contributed by atoms with Gasteiger partial charge in [-0.15, -0.1) is 0 Å². The fourth-order valence-corrected chi connectivity index (χ4v) is 4.13. The third-order valence-electron chi connectivity index (χ3n) is 5.80. The topological polar surface area (TPSA) is 64.8 Å². The summed E-state index contributed by atoms with van der Waals surface area (Å²) in [6, 6.07) is 1.96. The Kier molecular flexibility index (Phi) is 6.67. The predicted molar refractivity (Wildman–Crippen MR) is 101 cm³/mol. The summed E-state index contributed by atoms with van der Waals surface area (Å²) < 4.78 is 1.83. The Hall–Kier alpha value is -1.44. The van der Waals surface area contributed by atoms with E-state index in [1.165, 1.54) is 6.42 Å². The second-order valence-corrected chi connectivity index (χ2v) is 7.93. The van der Waals surface area contributed by atoms with Crippen molar-refractivity contribution in [1.29, 1.82) is 0 Å². The molecule has 2 aliphatic heterocycles. The number of hydrogen-bond donors (Lipinski definition) is 1. The van der Waals surface area contributed by atoms with Crippen molar-refractivity contribution in [3.8, 4) is 0 Å². The molecule has 0 radical (unpaired) electrons. The third kappa shape index (κ3) is 5.05. The third-order valence-corrected chi connectivity index (χ3v) is 5.80. The summed E-state index contributed by atoms with van der Waals surface area (Å²) in [5.74, 6) is 0.751. The summed E-state index contributed by atoms with van der Waals surface area (Å²) in [5.41, 5.74) is 0.974. The number of aliphatic hydroxyl groups excluding tert-OH is 1. The van der Waals surface area contributed by atoms with Crippen LogP contribution in [0.4, 0.5) is 0 Å². The van der Waals surface area contributed by atoms with E-state index in [2.05, 4.69) is 21.9 Å². The van der Waals surface area contributed by atoms with E-state index in [-0.39, 0.29) is 18.4 Å². The van der Waals surface area contributed by atoms with E-state index < -0.39 is 0 Å². The number of amides is 1. The Morgan fingerprint density at radius 3 is 2.77 bits per heavy atom. The molecule has 0 unspecified atom stereocenters. The molecule has 1 aromatic rings. The van der Waals surface area contributed by atoms with Crippen molar-refractivity contribution < 1.29 is 9.90 Å². The predicted octanol–water partition coefficient (Wildman–Crippen LogP) is 0.286. The number of likely N-dealkylation sites (N-methyl/N-ethyl adjacent to an activating group) is 1. The number of hydrogen-bond acceptors (Lipinski definition) is 5. The quantitative estimate of drug-likeness (QED) is 0.787. The van der Waals surface area contributed by atoms with E-state index >= 15 is 0 Å². The first-order valence-corrected chi connectivity index (χ1v) is 9.84. The van der Waals surface area contributed by atoms with E-state index in [9.17, 15) is 9.90 Å². The smallest absolute Gasteiger partial charge is 0.224 e. The molecule has 1 N–H and O–H groups in total. The Labute approximate surface area is 156 Å². The van der Waals surface area contributed by atoms with Crippen LogP contribution in [0, 0.1) is 18.8 Å². The van der Waals surface area contributed by atoms with Gasteiger partial charge in [-0.3, -0.25) is 9.48 Å². The highest BCUT2D eigenvalue weighted by atomic mass is 16.3. The zero-order chi connectivity index (χ0) is 18.5. The van der Waals surface area contributed by atoms with Crippen LogP contribution in [0.25, 0.3) is 0 Å². The molecule has 2 atom stereocenters. The lowest BCUT2D eigenvalue weighted by molar-refractivity contribution is -0.130.